The minimum Gasteiger partial charge on any atom is -0.352 e. The zero-order chi connectivity index (χ0) is 13.3. The summed E-state index contributed by atoms with van der Waals surface area (Å²) in [5.41, 5.74) is 1.87. The van der Waals surface area contributed by atoms with Crippen LogP contribution in [0.25, 0.3) is 0 Å². The van der Waals surface area contributed by atoms with E-state index in [1.807, 2.05) is 60.7 Å². The van der Waals surface area contributed by atoms with Gasteiger partial charge in [-0.05, 0) is 24.0 Å². The predicted octanol–water partition coefficient (Wildman–Crippen LogP) is 3.57. The lowest BCUT2D eigenvalue weighted by atomic mass is 10.0. The summed E-state index contributed by atoms with van der Waals surface area (Å²) in [5, 5.41) is 0.835. The molecule has 98 valence electrons. The monoisotopic (exact) mass is 272 g/mol. The zero-order valence-electron chi connectivity index (χ0n) is 10.6. The van der Waals surface area contributed by atoms with Crippen molar-refractivity contribution in [1.29, 1.82) is 0 Å². The first-order valence-electron chi connectivity index (χ1n) is 6.50. The van der Waals surface area contributed by atoms with Crippen LogP contribution in [-0.4, -0.2) is 15.1 Å². The average Bonchev–Trinajstić information content (AvgIpc) is 2.76. The second kappa shape index (κ2) is 4.97. The summed E-state index contributed by atoms with van der Waals surface area (Å²) < 4.78 is 0. The van der Waals surface area contributed by atoms with Gasteiger partial charge in [-0.15, -0.1) is 0 Å². The van der Waals surface area contributed by atoms with Gasteiger partial charge in [0.2, 0.25) is 0 Å². The van der Waals surface area contributed by atoms with Gasteiger partial charge >= 0.3 is 0 Å². The minimum absolute atomic E-state index is 0.135. The Hall–Kier alpha value is -1.34. The molecular weight excluding hydrogens is 255 g/mol. The summed E-state index contributed by atoms with van der Waals surface area (Å²) in [6.45, 7) is 0. The van der Waals surface area contributed by atoms with Gasteiger partial charge in [-0.1, -0.05) is 60.7 Å². The fourth-order valence-corrected chi connectivity index (χ4v) is 5.26. The lowest BCUT2D eigenvalue weighted by molar-refractivity contribution is 0.461. The maximum absolute atomic E-state index is 10.7. The van der Waals surface area contributed by atoms with Crippen LogP contribution in [-0.2, 0) is 0 Å². The molecule has 0 radical (unpaired) electrons. The van der Waals surface area contributed by atoms with E-state index in [9.17, 15) is 9.79 Å². The first-order valence-corrected chi connectivity index (χ1v) is 8.27. The van der Waals surface area contributed by atoms with E-state index in [0.717, 1.165) is 29.3 Å². The molecule has 2 aromatic rings. The first kappa shape index (κ1) is 12.7. The summed E-state index contributed by atoms with van der Waals surface area (Å²) in [4.78, 5) is 21.3. The smallest absolute Gasteiger partial charge is 0.130 e. The van der Waals surface area contributed by atoms with Crippen molar-refractivity contribution in [1.82, 2.24) is 0 Å². The Morgan fingerprint density at radius 1 is 0.842 bits per heavy atom. The van der Waals surface area contributed by atoms with Crippen LogP contribution < -0.4 is 0 Å². The van der Waals surface area contributed by atoms with Gasteiger partial charge in [-0.3, -0.25) is 0 Å². The third-order valence-electron chi connectivity index (χ3n) is 3.78. The fraction of sp³-hybridized carbons (Fsp3) is 0.188. The summed E-state index contributed by atoms with van der Waals surface area (Å²) in [7, 11) is -3.04. The van der Waals surface area contributed by atoms with Gasteiger partial charge in [0.25, 0.3) is 0 Å². The van der Waals surface area contributed by atoms with Crippen molar-refractivity contribution in [2.24, 2.45) is 0 Å². The van der Waals surface area contributed by atoms with Crippen LogP contribution in [0.5, 0.6) is 0 Å². The molecule has 1 heterocycles. The molecule has 0 spiro atoms. The van der Waals surface area contributed by atoms with Crippen molar-refractivity contribution in [2.75, 3.05) is 0 Å². The first-order chi connectivity index (χ1) is 9.19. The Morgan fingerprint density at radius 3 is 2.05 bits per heavy atom. The minimum atomic E-state index is -3.04. The van der Waals surface area contributed by atoms with E-state index in [1.165, 1.54) is 0 Å². The highest BCUT2D eigenvalue weighted by Crippen LogP contribution is 2.62. The SMILES string of the molecule is OP1(O)=C(c2ccccc2)CC[C@@H]1c1ccccc1. The Balaban J connectivity index is 2.07. The molecule has 0 aliphatic carbocycles. The van der Waals surface area contributed by atoms with Crippen LogP contribution >= 0.6 is 7.34 Å². The predicted molar refractivity (Wildman–Crippen MR) is 80.3 cm³/mol. The van der Waals surface area contributed by atoms with Crippen molar-refractivity contribution in [2.45, 2.75) is 18.5 Å². The summed E-state index contributed by atoms with van der Waals surface area (Å²) in [5.74, 6) is 0. The third kappa shape index (κ3) is 2.28. The Kier molecular flexibility index (Phi) is 3.32. The third-order valence-corrected chi connectivity index (χ3v) is 6.48. The normalized spacial score (nSPS) is 21.6. The molecule has 0 aromatic heterocycles. The van der Waals surface area contributed by atoms with Crippen molar-refractivity contribution in [3.05, 3.63) is 71.8 Å². The lowest BCUT2D eigenvalue weighted by Gasteiger charge is -2.21. The second-order valence-corrected chi connectivity index (χ2v) is 7.39. The van der Waals surface area contributed by atoms with Crippen LogP contribution in [0, 0.1) is 0 Å². The second-order valence-electron chi connectivity index (χ2n) is 4.93. The molecule has 3 heteroatoms. The van der Waals surface area contributed by atoms with Gasteiger partial charge in [0, 0.05) is 5.29 Å². The van der Waals surface area contributed by atoms with Crippen molar-refractivity contribution >= 4 is 12.6 Å². The molecule has 0 fully saturated rings. The molecular formula is C16H17O2P. The fourth-order valence-electron chi connectivity index (χ4n) is 2.82. The largest absolute Gasteiger partial charge is 0.352 e. The van der Waals surface area contributed by atoms with Crippen LogP contribution in [0.4, 0.5) is 0 Å². The van der Waals surface area contributed by atoms with E-state index >= 15 is 0 Å². The van der Waals surface area contributed by atoms with Gasteiger partial charge in [0.15, 0.2) is 0 Å². The van der Waals surface area contributed by atoms with Crippen molar-refractivity contribution in [3.8, 4) is 0 Å². The molecule has 19 heavy (non-hydrogen) atoms. The van der Waals surface area contributed by atoms with Gasteiger partial charge in [-0.2, -0.15) is 0 Å². The van der Waals surface area contributed by atoms with E-state index in [4.69, 9.17) is 0 Å². The lowest BCUT2D eigenvalue weighted by Crippen LogP contribution is -2.00. The maximum atomic E-state index is 10.7. The molecule has 0 unspecified atom stereocenters. The topological polar surface area (TPSA) is 40.5 Å². The van der Waals surface area contributed by atoms with Crippen LogP contribution in [0.3, 0.4) is 0 Å². The maximum Gasteiger partial charge on any atom is 0.130 e. The van der Waals surface area contributed by atoms with Crippen LogP contribution in [0.15, 0.2) is 60.7 Å². The number of hydrogen-bond donors (Lipinski definition) is 2. The van der Waals surface area contributed by atoms with Gasteiger partial charge in [0.05, 0.1) is 5.66 Å². The van der Waals surface area contributed by atoms with Gasteiger partial charge in [-0.25, -0.2) is 0 Å². The van der Waals surface area contributed by atoms with Crippen LogP contribution in [0.2, 0.25) is 0 Å². The molecule has 1 aliphatic rings. The number of hydrogen-bond acceptors (Lipinski definition) is 2. The standard InChI is InChI=1S/C16H17O2P/c17-19(18)15(13-7-3-1-4-8-13)11-12-16(19)14-9-5-2-6-10-14/h1-10,15,17-18H,11-12H2/t15-/m1/s1. The molecule has 1 aliphatic heterocycles. The van der Waals surface area contributed by atoms with Gasteiger partial charge in [0.1, 0.15) is 7.34 Å². The van der Waals surface area contributed by atoms with Crippen LogP contribution in [0.1, 0.15) is 29.6 Å². The summed E-state index contributed by atoms with van der Waals surface area (Å²) in [6, 6.07) is 19.6. The molecule has 3 rings (SSSR count). The van der Waals surface area contributed by atoms with E-state index in [1.54, 1.807) is 0 Å². The van der Waals surface area contributed by atoms with Crippen molar-refractivity contribution < 1.29 is 9.79 Å². The molecule has 2 aromatic carbocycles. The van der Waals surface area contributed by atoms with Crippen molar-refractivity contribution in [3.63, 3.8) is 0 Å². The Bertz CT molecular complexity index is 614. The Morgan fingerprint density at radius 2 is 1.42 bits per heavy atom. The molecule has 0 amide bonds. The molecule has 0 saturated carbocycles. The summed E-state index contributed by atoms with van der Waals surface area (Å²) in [6.07, 6.45) is 1.58. The highest BCUT2D eigenvalue weighted by Gasteiger charge is 2.36. The van der Waals surface area contributed by atoms with E-state index in [2.05, 4.69) is 0 Å². The number of benzene rings is 2. The average molecular weight is 272 g/mol. The molecule has 0 bridgehead atoms. The van der Waals surface area contributed by atoms with E-state index in [0.29, 0.717) is 0 Å². The highest BCUT2D eigenvalue weighted by atomic mass is 31.2. The molecule has 1 atom stereocenters. The summed E-state index contributed by atoms with van der Waals surface area (Å²) >= 11 is 0. The van der Waals surface area contributed by atoms with Gasteiger partial charge < -0.3 is 9.79 Å². The molecule has 0 saturated heterocycles. The number of rotatable bonds is 2. The quantitative estimate of drug-likeness (QED) is 0.820. The van der Waals surface area contributed by atoms with E-state index in [-0.39, 0.29) is 5.66 Å². The van der Waals surface area contributed by atoms with E-state index < -0.39 is 7.34 Å². The molecule has 2 nitrogen and oxygen atoms in total. The molecule has 2 N–H and O–H groups in total. The Labute approximate surface area is 113 Å². The zero-order valence-corrected chi connectivity index (χ0v) is 11.5. The highest BCUT2D eigenvalue weighted by molar-refractivity contribution is 7.66.